The van der Waals surface area contributed by atoms with Crippen molar-refractivity contribution < 1.29 is 40.9 Å². The van der Waals surface area contributed by atoms with Crippen molar-refractivity contribution in [1.29, 1.82) is 0 Å². The van der Waals surface area contributed by atoms with Crippen LogP contribution < -0.4 is 34.9 Å². The monoisotopic (exact) mass is 215 g/mol. The summed E-state index contributed by atoms with van der Waals surface area (Å²) in [7, 11) is 0. The molecule has 10 heavy (non-hydrogen) atoms. The van der Waals surface area contributed by atoms with Gasteiger partial charge in [0.2, 0.25) is 10.2 Å². The predicted octanol–water partition coefficient (Wildman–Crippen LogP) is -2.46. The van der Waals surface area contributed by atoms with Crippen LogP contribution in [0.1, 0.15) is 1.43 Å². The molecule has 7 heteroatoms. The first-order chi connectivity index (χ1) is 3.98. The molecule has 0 saturated heterocycles. The number of aliphatic hydroxyl groups excluding tert-OH is 1. The number of alkyl halides is 3. The summed E-state index contributed by atoms with van der Waals surface area (Å²) in [5.41, 5.74) is 0. The van der Waals surface area contributed by atoms with Crippen molar-refractivity contribution in [2.45, 2.75) is 10.0 Å². The van der Waals surface area contributed by atoms with E-state index in [4.69, 9.17) is 39.9 Å². The summed E-state index contributed by atoms with van der Waals surface area (Å²) < 4.78 is -1.86. The Hall–Kier alpha value is 1.30. The first-order valence-corrected chi connectivity index (χ1v) is 3.06. The average Bonchev–Trinajstić information content (AvgIpc) is 1.64. The van der Waals surface area contributed by atoms with Gasteiger partial charge in [-0.1, -0.05) is 34.8 Å². The minimum atomic E-state index is -1.86. The van der Waals surface area contributed by atoms with Crippen LogP contribution in [0.3, 0.4) is 0 Å². The van der Waals surface area contributed by atoms with Gasteiger partial charge in [0, 0.05) is 0 Å². The third kappa shape index (κ3) is 6.04. The maximum atomic E-state index is 9.61. The Morgan fingerprint density at radius 2 is 2.00 bits per heavy atom. The molecule has 0 aromatic carbocycles. The van der Waals surface area contributed by atoms with Crippen LogP contribution in [-0.4, -0.2) is 21.5 Å². The van der Waals surface area contributed by atoms with Gasteiger partial charge in [-0.05, 0) is 0 Å². The maximum absolute atomic E-state index is 9.61. The van der Waals surface area contributed by atoms with Crippen molar-refractivity contribution in [3.63, 3.8) is 0 Å². The second-order valence-electron chi connectivity index (χ2n) is 1.23. The molecule has 0 spiro atoms. The summed E-state index contributed by atoms with van der Waals surface area (Å²) in [4.78, 5) is 9.61. The Bertz CT molecular complexity index is 111. The topological polar surface area (TPSA) is 49.3 Å². The quantitative estimate of drug-likeness (QED) is 0.233. The van der Waals surface area contributed by atoms with E-state index in [1.54, 1.807) is 0 Å². The summed E-state index contributed by atoms with van der Waals surface area (Å²) in [5, 5.41) is 10.5. The number of hydrogen-bond acceptors (Lipinski definition) is 2. The van der Waals surface area contributed by atoms with E-state index in [1.165, 1.54) is 0 Å². The minimum absolute atomic E-state index is 0. The largest absolute Gasteiger partial charge is 1.00 e. The Kier molecular flexibility index (Phi) is 8.16. The molecule has 3 nitrogen and oxygen atoms in total. The molecule has 0 heterocycles. The molecule has 0 fully saturated rings. The summed E-state index contributed by atoms with van der Waals surface area (Å²) in [6.07, 6.45) is -1.22. The number of halogens is 3. The number of hydrogen-bond donors (Lipinski definition) is 2. The van der Waals surface area contributed by atoms with Gasteiger partial charge in [-0.25, -0.2) is 0 Å². The van der Waals surface area contributed by atoms with Crippen molar-refractivity contribution in [3.05, 3.63) is 0 Å². The van der Waals surface area contributed by atoms with Crippen LogP contribution in [0.15, 0.2) is 0 Å². The molecule has 0 aromatic rings. The Balaban J connectivity index is -0.000000320. The van der Waals surface area contributed by atoms with E-state index in [-0.39, 0.29) is 37.4 Å². The second kappa shape index (κ2) is 5.89. The number of amides is 1. The maximum Gasteiger partial charge on any atom is 1.00 e. The molecule has 0 bridgehead atoms. The molecule has 0 radical (unpaired) electrons. The zero-order chi connectivity index (χ0) is 7.49. The molecule has 56 valence electrons. The zero-order valence-electron chi connectivity index (χ0n) is 6.14. The second-order valence-corrected chi connectivity index (χ2v) is 3.60. The number of nitrogens with one attached hydrogen (secondary N) is 1. The van der Waals surface area contributed by atoms with E-state index >= 15 is 0 Å². The van der Waals surface area contributed by atoms with E-state index in [2.05, 4.69) is 0 Å². The van der Waals surface area contributed by atoms with Crippen molar-refractivity contribution in [2.24, 2.45) is 0 Å². The van der Waals surface area contributed by atoms with Crippen molar-refractivity contribution in [3.8, 4) is 0 Å². The molecule has 1 amide bonds. The number of carbonyl (C=O) groups is 1. The summed E-state index contributed by atoms with van der Waals surface area (Å²) in [6.45, 7) is 0. The molecule has 0 aliphatic carbocycles. The van der Waals surface area contributed by atoms with Crippen LogP contribution in [0.5, 0.6) is 0 Å². The van der Waals surface area contributed by atoms with Crippen LogP contribution in [0.2, 0.25) is 0 Å². The van der Waals surface area contributed by atoms with Crippen LogP contribution in [0.25, 0.3) is 0 Å². The first-order valence-electron chi connectivity index (χ1n) is 1.93. The smallest absolute Gasteiger partial charge is 1.00 e. The van der Waals surface area contributed by atoms with Gasteiger partial charge < -0.3 is 11.8 Å². The van der Waals surface area contributed by atoms with Crippen molar-refractivity contribution in [1.82, 2.24) is 5.32 Å². The normalized spacial score (nSPS) is 13.2. The molecule has 0 aliphatic heterocycles. The summed E-state index contributed by atoms with van der Waals surface area (Å²) in [6, 6.07) is 0. The Labute approximate surface area is 96.8 Å². The van der Waals surface area contributed by atoms with Gasteiger partial charge in [-0.15, -0.1) is 0 Å². The molecule has 0 aromatic heterocycles. The summed E-state index contributed by atoms with van der Waals surface area (Å²) in [5.74, 6) is 0. The number of carbonyl (C=O) groups excluding carboxylic acids is 1. The fourth-order valence-corrected chi connectivity index (χ4v) is 0.348. The van der Waals surface area contributed by atoms with Gasteiger partial charge in [0.25, 0.3) is 0 Å². The van der Waals surface area contributed by atoms with Crippen LogP contribution in [0.4, 0.5) is 0 Å². The SMILES string of the molecule is O=CNC(O)C(Cl)(Cl)Cl.[H-].[Na+]. The van der Waals surface area contributed by atoms with Gasteiger partial charge in [0.15, 0.2) is 6.23 Å². The fourth-order valence-electron chi connectivity index (χ4n) is 0.159. The van der Waals surface area contributed by atoms with Gasteiger partial charge in [-0.2, -0.15) is 0 Å². The van der Waals surface area contributed by atoms with Crippen LogP contribution in [0, 0.1) is 0 Å². The van der Waals surface area contributed by atoms with Crippen LogP contribution >= 0.6 is 34.8 Å². The van der Waals surface area contributed by atoms with E-state index < -0.39 is 10.0 Å². The van der Waals surface area contributed by atoms with E-state index in [0.29, 0.717) is 0 Å². The van der Waals surface area contributed by atoms with E-state index in [0.717, 1.165) is 0 Å². The van der Waals surface area contributed by atoms with E-state index in [1.807, 2.05) is 5.32 Å². The molecule has 1 atom stereocenters. The number of rotatable bonds is 2. The standard InChI is InChI=1S/C3H4Cl3NO2.Na.H/c4-3(5,6)2(9)7-1-8;;/h1-2,9H,(H,7,8);;/q;+1;-1. The number of aliphatic hydroxyl groups is 1. The molecule has 0 rings (SSSR count). The van der Waals surface area contributed by atoms with Gasteiger partial charge in [0.1, 0.15) is 0 Å². The van der Waals surface area contributed by atoms with Crippen molar-refractivity contribution in [2.75, 3.05) is 0 Å². The third-order valence-electron chi connectivity index (χ3n) is 0.536. The average molecular weight is 216 g/mol. The Morgan fingerprint density at radius 1 is 1.60 bits per heavy atom. The summed E-state index contributed by atoms with van der Waals surface area (Å²) >= 11 is 15.4. The molecular weight excluding hydrogens is 211 g/mol. The molecule has 0 aliphatic rings. The minimum Gasteiger partial charge on any atom is -1.00 e. The van der Waals surface area contributed by atoms with Gasteiger partial charge >= 0.3 is 29.6 Å². The van der Waals surface area contributed by atoms with Crippen molar-refractivity contribution >= 4 is 41.2 Å². The van der Waals surface area contributed by atoms with Crippen LogP contribution in [-0.2, 0) is 4.79 Å². The Morgan fingerprint density at radius 3 is 2.10 bits per heavy atom. The molecular formula is C3H5Cl3NNaO2. The van der Waals surface area contributed by atoms with E-state index in [9.17, 15) is 4.79 Å². The molecule has 1 unspecified atom stereocenters. The zero-order valence-corrected chi connectivity index (χ0v) is 9.41. The predicted molar refractivity (Wildman–Crippen MR) is 36.6 cm³/mol. The third-order valence-corrected chi connectivity index (χ3v) is 1.16. The first kappa shape index (κ1) is 13.9. The van der Waals surface area contributed by atoms with Gasteiger partial charge in [0.05, 0.1) is 0 Å². The molecule has 2 N–H and O–H groups in total. The molecule has 0 saturated carbocycles. The van der Waals surface area contributed by atoms with Gasteiger partial charge in [-0.3, -0.25) is 4.79 Å². The fraction of sp³-hybridized carbons (Fsp3) is 0.667.